The van der Waals surface area contributed by atoms with E-state index in [9.17, 15) is 0 Å². The van der Waals surface area contributed by atoms with Gasteiger partial charge in [-0.05, 0) is 6.42 Å². The van der Waals surface area contributed by atoms with Gasteiger partial charge in [-0.3, -0.25) is 0 Å². The summed E-state index contributed by atoms with van der Waals surface area (Å²) in [6.07, 6.45) is 4.65. The van der Waals surface area contributed by atoms with E-state index in [4.69, 9.17) is 16.2 Å². The summed E-state index contributed by atoms with van der Waals surface area (Å²) in [5.74, 6) is 0.945. The second-order valence-corrected chi connectivity index (χ2v) is 3.40. The summed E-state index contributed by atoms with van der Waals surface area (Å²) in [7, 11) is 0. The lowest BCUT2D eigenvalue weighted by molar-refractivity contribution is 0.294. The molecule has 0 amide bonds. The Morgan fingerprint density at radius 2 is 2.00 bits per heavy atom. The van der Waals surface area contributed by atoms with Gasteiger partial charge in [0, 0.05) is 6.07 Å². The van der Waals surface area contributed by atoms with Gasteiger partial charge in [-0.15, -0.1) is 0 Å². The quantitative estimate of drug-likeness (QED) is 0.696. The molecule has 5 nitrogen and oxygen atoms in total. The predicted octanol–water partition coefficient (Wildman–Crippen LogP) is 1.60. The summed E-state index contributed by atoms with van der Waals surface area (Å²) in [5.41, 5.74) is 10.9. The summed E-state index contributed by atoms with van der Waals surface area (Å²) in [4.78, 5) is 7.67. The predicted molar refractivity (Wildman–Crippen MR) is 60.5 cm³/mol. The molecule has 5 heteroatoms. The molecule has 84 valence electrons. The third-order valence-corrected chi connectivity index (χ3v) is 1.99. The van der Waals surface area contributed by atoms with Crippen molar-refractivity contribution in [3.05, 3.63) is 6.07 Å². The number of aromatic nitrogens is 2. The second-order valence-electron chi connectivity index (χ2n) is 3.40. The second kappa shape index (κ2) is 6.06. The molecule has 1 rings (SSSR count). The van der Waals surface area contributed by atoms with Gasteiger partial charge in [0.2, 0.25) is 11.8 Å². The minimum atomic E-state index is 0.151. The van der Waals surface area contributed by atoms with Gasteiger partial charge in [0.15, 0.2) is 0 Å². The Hall–Kier alpha value is -1.52. The Kier molecular flexibility index (Phi) is 4.66. The monoisotopic (exact) mass is 210 g/mol. The van der Waals surface area contributed by atoms with Gasteiger partial charge >= 0.3 is 0 Å². The molecule has 15 heavy (non-hydrogen) atoms. The summed E-state index contributed by atoms with van der Waals surface area (Å²) in [6.45, 7) is 2.82. The van der Waals surface area contributed by atoms with Crippen LogP contribution in [0.15, 0.2) is 6.07 Å². The van der Waals surface area contributed by atoms with Crippen LogP contribution in [0.3, 0.4) is 0 Å². The Morgan fingerprint density at radius 1 is 1.20 bits per heavy atom. The number of nitrogen functional groups attached to an aromatic ring is 2. The average Bonchev–Trinajstić information content (AvgIpc) is 2.16. The van der Waals surface area contributed by atoms with Gasteiger partial charge in [-0.1, -0.05) is 26.2 Å². The molecule has 0 saturated heterocycles. The lowest BCUT2D eigenvalue weighted by atomic mass is 10.2. The first-order valence-electron chi connectivity index (χ1n) is 5.25. The van der Waals surface area contributed by atoms with Crippen LogP contribution in [0.5, 0.6) is 5.88 Å². The number of hydrogen-bond acceptors (Lipinski definition) is 5. The van der Waals surface area contributed by atoms with Crippen molar-refractivity contribution < 1.29 is 4.74 Å². The molecule has 0 bridgehead atoms. The summed E-state index contributed by atoms with van der Waals surface area (Å²) < 4.78 is 5.40. The Balaban J connectivity index is 2.31. The van der Waals surface area contributed by atoms with E-state index >= 15 is 0 Å². The maximum atomic E-state index is 5.50. The number of nitrogens with two attached hydrogens (primary N) is 2. The van der Waals surface area contributed by atoms with E-state index in [1.165, 1.54) is 19.3 Å². The molecule has 1 aromatic rings. The third kappa shape index (κ3) is 4.49. The maximum absolute atomic E-state index is 5.50. The largest absolute Gasteiger partial charge is 0.477 e. The van der Waals surface area contributed by atoms with E-state index in [0.717, 1.165) is 6.42 Å². The highest BCUT2D eigenvalue weighted by atomic mass is 16.5. The number of ether oxygens (including phenoxy) is 1. The first kappa shape index (κ1) is 11.6. The lowest BCUT2D eigenvalue weighted by Crippen LogP contribution is -2.04. The van der Waals surface area contributed by atoms with Gasteiger partial charge in [0.05, 0.1) is 6.61 Å². The van der Waals surface area contributed by atoms with Gasteiger partial charge in [-0.25, -0.2) is 0 Å². The van der Waals surface area contributed by atoms with Crippen molar-refractivity contribution in [2.45, 2.75) is 32.6 Å². The molecule has 1 aromatic heterocycles. The molecule has 4 N–H and O–H groups in total. The zero-order valence-electron chi connectivity index (χ0n) is 9.07. The molecule has 0 aliphatic carbocycles. The maximum Gasteiger partial charge on any atom is 0.225 e. The van der Waals surface area contributed by atoms with Crippen molar-refractivity contribution in [3.63, 3.8) is 0 Å². The minimum Gasteiger partial charge on any atom is -0.477 e. The van der Waals surface area contributed by atoms with Crippen molar-refractivity contribution in [2.24, 2.45) is 0 Å². The van der Waals surface area contributed by atoms with Crippen molar-refractivity contribution in [1.82, 2.24) is 9.97 Å². The fourth-order valence-corrected chi connectivity index (χ4v) is 1.24. The van der Waals surface area contributed by atoms with Crippen LogP contribution in [0.4, 0.5) is 11.8 Å². The van der Waals surface area contributed by atoms with Crippen LogP contribution in [0, 0.1) is 0 Å². The van der Waals surface area contributed by atoms with Gasteiger partial charge in [-0.2, -0.15) is 9.97 Å². The third-order valence-electron chi connectivity index (χ3n) is 1.99. The van der Waals surface area contributed by atoms with E-state index < -0.39 is 0 Å². The highest BCUT2D eigenvalue weighted by molar-refractivity contribution is 5.38. The van der Waals surface area contributed by atoms with E-state index in [0.29, 0.717) is 18.3 Å². The van der Waals surface area contributed by atoms with Crippen LogP contribution in [-0.4, -0.2) is 16.6 Å². The van der Waals surface area contributed by atoms with E-state index in [2.05, 4.69) is 16.9 Å². The summed E-state index contributed by atoms with van der Waals surface area (Å²) in [6, 6.07) is 1.58. The molecule has 0 spiro atoms. The van der Waals surface area contributed by atoms with Crippen molar-refractivity contribution in [3.8, 4) is 5.88 Å². The first-order valence-corrected chi connectivity index (χ1v) is 5.25. The number of unbranched alkanes of at least 4 members (excludes halogenated alkanes) is 3. The minimum absolute atomic E-state index is 0.151. The van der Waals surface area contributed by atoms with Gasteiger partial charge in [0.25, 0.3) is 0 Å². The Bertz CT molecular complexity index is 283. The van der Waals surface area contributed by atoms with Crippen LogP contribution in [0.2, 0.25) is 0 Å². The van der Waals surface area contributed by atoms with Crippen LogP contribution < -0.4 is 16.2 Å². The molecule has 0 saturated carbocycles. The normalized spacial score (nSPS) is 10.2. The highest BCUT2D eigenvalue weighted by Gasteiger charge is 2.00. The van der Waals surface area contributed by atoms with Crippen LogP contribution in [-0.2, 0) is 0 Å². The van der Waals surface area contributed by atoms with Gasteiger partial charge < -0.3 is 16.2 Å². The smallest absolute Gasteiger partial charge is 0.225 e. The van der Waals surface area contributed by atoms with E-state index in [1.807, 2.05) is 0 Å². The zero-order chi connectivity index (χ0) is 11.1. The molecular formula is C10H18N4O. The SMILES string of the molecule is CCCCCCOc1cc(N)nc(N)n1. The van der Waals surface area contributed by atoms with E-state index in [-0.39, 0.29) is 5.95 Å². The number of hydrogen-bond donors (Lipinski definition) is 2. The Morgan fingerprint density at radius 3 is 2.67 bits per heavy atom. The fraction of sp³-hybridized carbons (Fsp3) is 0.600. The molecule has 0 unspecified atom stereocenters. The zero-order valence-corrected chi connectivity index (χ0v) is 9.07. The standard InChI is InChI=1S/C10H18N4O/c1-2-3-4-5-6-15-9-7-8(11)13-10(12)14-9/h7H,2-6H2,1H3,(H4,11,12,13,14). The molecule has 0 radical (unpaired) electrons. The van der Waals surface area contributed by atoms with E-state index in [1.54, 1.807) is 6.07 Å². The first-order chi connectivity index (χ1) is 7.22. The van der Waals surface area contributed by atoms with Crippen LogP contribution in [0.1, 0.15) is 32.6 Å². The molecule has 1 heterocycles. The average molecular weight is 210 g/mol. The van der Waals surface area contributed by atoms with Crippen molar-refractivity contribution in [2.75, 3.05) is 18.1 Å². The van der Waals surface area contributed by atoms with Gasteiger partial charge in [0.1, 0.15) is 5.82 Å². The highest BCUT2D eigenvalue weighted by Crippen LogP contribution is 2.12. The van der Waals surface area contributed by atoms with Crippen LogP contribution >= 0.6 is 0 Å². The van der Waals surface area contributed by atoms with Crippen molar-refractivity contribution >= 4 is 11.8 Å². The Labute approximate surface area is 89.9 Å². The molecule has 0 fully saturated rings. The number of rotatable bonds is 6. The van der Waals surface area contributed by atoms with Crippen molar-refractivity contribution in [1.29, 1.82) is 0 Å². The number of anilines is 2. The number of nitrogens with zero attached hydrogens (tertiary/aromatic N) is 2. The molecule has 0 aliphatic heterocycles. The lowest BCUT2D eigenvalue weighted by Gasteiger charge is -2.05. The molecule has 0 aromatic carbocycles. The summed E-state index contributed by atoms with van der Waals surface area (Å²) in [5, 5.41) is 0. The molecular weight excluding hydrogens is 192 g/mol. The van der Waals surface area contributed by atoms with Crippen LogP contribution in [0.25, 0.3) is 0 Å². The summed E-state index contributed by atoms with van der Waals surface area (Å²) >= 11 is 0. The fourth-order valence-electron chi connectivity index (χ4n) is 1.24. The molecule has 0 atom stereocenters. The topological polar surface area (TPSA) is 87.0 Å². The molecule has 0 aliphatic rings.